The normalized spacial score (nSPS) is 11.3. The maximum atomic E-state index is 12.8. The highest BCUT2D eigenvalue weighted by molar-refractivity contribution is 5.90. The van der Waals surface area contributed by atoms with Crippen LogP contribution in [0.15, 0.2) is 65.5 Å². The molecule has 0 radical (unpaired) electrons. The van der Waals surface area contributed by atoms with E-state index in [1.807, 2.05) is 31.2 Å². The van der Waals surface area contributed by atoms with E-state index in [0.717, 1.165) is 23.3 Å². The van der Waals surface area contributed by atoms with Crippen LogP contribution < -0.4 is 10.9 Å². The molecule has 1 amide bonds. The van der Waals surface area contributed by atoms with E-state index in [1.165, 1.54) is 22.9 Å². The molecule has 3 rings (SSSR count). The van der Waals surface area contributed by atoms with E-state index in [2.05, 4.69) is 10.4 Å². The van der Waals surface area contributed by atoms with Crippen molar-refractivity contribution >= 4 is 11.6 Å². The number of nitrogens with one attached hydrogen (secondary N) is 1. The zero-order valence-corrected chi connectivity index (χ0v) is 16.2. The number of aromatic nitrogens is 2. The molecule has 0 atom stereocenters. The number of halogens is 3. The lowest BCUT2D eigenvalue weighted by molar-refractivity contribution is -0.137. The van der Waals surface area contributed by atoms with Crippen LogP contribution >= 0.6 is 0 Å². The van der Waals surface area contributed by atoms with Gasteiger partial charge < -0.3 is 5.32 Å². The zero-order valence-electron chi connectivity index (χ0n) is 16.2. The van der Waals surface area contributed by atoms with Crippen LogP contribution in [0.3, 0.4) is 0 Å². The van der Waals surface area contributed by atoms with Gasteiger partial charge in [0, 0.05) is 30.3 Å². The Morgan fingerprint density at radius 3 is 2.50 bits per heavy atom. The predicted octanol–water partition coefficient (Wildman–Crippen LogP) is 4.66. The minimum absolute atomic E-state index is 0.0408. The van der Waals surface area contributed by atoms with Crippen molar-refractivity contribution in [3.63, 3.8) is 0 Å². The van der Waals surface area contributed by atoms with Crippen molar-refractivity contribution in [2.45, 2.75) is 32.5 Å². The molecule has 0 saturated carbocycles. The van der Waals surface area contributed by atoms with Crippen molar-refractivity contribution in [3.8, 4) is 11.3 Å². The van der Waals surface area contributed by atoms with Crippen molar-refractivity contribution in [2.75, 3.05) is 5.32 Å². The lowest BCUT2D eigenvalue weighted by atomic mass is 10.1. The van der Waals surface area contributed by atoms with Gasteiger partial charge in [-0.1, -0.05) is 35.9 Å². The first-order valence-electron chi connectivity index (χ1n) is 9.35. The van der Waals surface area contributed by atoms with E-state index in [1.54, 1.807) is 6.07 Å². The molecule has 0 unspecified atom stereocenters. The second-order valence-corrected chi connectivity index (χ2v) is 6.88. The number of nitrogens with zero attached hydrogens (tertiary/aromatic N) is 2. The summed E-state index contributed by atoms with van der Waals surface area (Å²) in [5, 5.41) is 6.79. The Kier molecular flexibility index (Phi) is 6.34. The fourth-order valence-electron chi connectivity index (χ4n) is 2.87. The van der Waals surface area contributed by atoms with Crippen LogP contribution in [0.5, 0.6) is 0 Å². The van der Waals surface area contributed by atoms with Crippen LogP contribution in [0.1, 0.15) is 24.0 Å². The molecule has 0 aliphatic rings. The number of amides is 1. The molecule has 3 aromatic rings. The summed E-state index contributed by atoms with van der Waals surface area (Å²) >= 11 is 0. The van der Waals surface area contributed by atoms with Gasteiger partial charge in [-0.15, -0.1) is 0 Å². The average molecular weight is 415 g/mol. The van der Waals surface area contributed by atoms with Crippen LogP contribution in [-0.4, -0.2) is 15.7 Å². The molecule has 0 aliphatic heterocycles. The van der Waals surface area contributed by atoms with Crippen molar-refractivity contribution < 1.29 is 18.0 Å². The summed E-state index contributed by atoms with van der Waals surface area (Å²) in [5.41, 5.74) is 1.58. The van der Waals surface area contributed by atoms with E-state index in [4.69, 9.17) is 0 Å². The summed E-state index contributed by atoms with van der Waals surface area (Å²) in [5.74, 6) is -0.433. The van der Waals surface area contributed by atoms with E-state index >= 15 is 0 Å². The molecular weight excluding hydrogens is 395 g/mol. The summed E-state index contributed by atoms with van der Waals surface area (Å²) in [7, 11) is 0. The summed E-state index contributed by atoms with van der Waals surface area (Å²) in [4.78, 5) is 24.1. The second-order valence-electron chi connectivity index (χ2n) is 6.88. The highest BCUT2D eigenvalue weighted by atomic mass is 19.4. The largest absolute Gasteiger partial charge is 0.416 e. The van der Waals surface area contributed by atoms with Crippen molar-refractivity contribution in [1.29, 1.82) is 0 Å². The molecular formula is C22H20F3N3O2. The quantitative estimate of drug-likeness (QED) is 0.637. The first-order chi connectivity index (χ1) is 14.2. The summed E-state index contributed by atoms with van der Waals surface area (Å²) < 4.78 is 39.6. The first-order valence-corrected chi connectivity index (χ1v) is 9.35. The smallest absolute Gasteiger partial charge is 0.326 e. The Balaban J connectivity index is 1.60. The number of carbonyl (C=O) groups is 1. The van der Waals surface area contributed by atoms with Gasteiger partial charge in [0.25, 0.3) is 5.56 Å². The Morgan fingerprint density at radius 1 is 1.07 bits per heavy atom. The lowest BCUT2D eigenvalue weighted by Gasteiger charge is -2.10. The molecule has 30 heavy (non-hydrogen) atoms. The molecule has 2 aromatic carbocycles. The lowest BCUT2D eigenvalue weighted by Crippen LogP contribution is -2.23. The number of benzene rings is 2. The van der Waals surface area contributed by atoms with Gasteiger partial charge in [0.05, 0.1) is 11.3 Å². The van der Waals surface area contributed by atoms with E-state index in [9.17, 15) is 22.8 Å². The van der Waals surface area contributed by atoms with Gasteiger partial charge in [0.2, 0.25) is 5.91 Å². The number of rotatable bonds is 6. The van der Waals surface area contributed by atoms with Crippen LogP contribution in [0.2, 0.25) is 0 Å². The number of carbonyl (C=O) groups excluding carboxylic acids is 1. The van der Waals surface area contributed by atoms with Gasteiger partial charge in [-0.3, -0.25) is 9.59 Å². The van der Waals surface area contributed by atoms with Gasteiger partial charge in [-0.25, -0.2) is 4.68 Å². The molecule has 1 heterocycles. The maximum Gasteiger partial charge on any atom is 0.416 e. The van der Waals surface area contributed by atoms with Gasteiger partial charge >= 0.3 is 6.18 Å². The van der Waals surface area contributed by atoms with Crippen molar-refractivity contribution in [1.82, 2.24) is 9.78 Å². The first kappa shape index (κ1) is 21.3. The Bertz CT molecular complexity index is 1090. The summed E-state index contributed by atoms with van der Waals surface area (Å²) in [6.45, 7) is 2.19. The molecule has 156 valence electrons. The Morgan fingerprint density at radius 2 is 1.80 bits per heavy atom. The summed E-state index contributed by atoms with van der Waals surface area (Å²) in [6.07, 6.45) is -4.12. The molecule has 8 heteroatoms. The van der Waals surface area contributed by atoms with Crippen LogP contribution in [0.4, 0.5) is 18.9 Å². The third kappa shape index (κ3) is 5.56. The van der Waals surface area contributed by atoms with E-state index < -0.39 is 17.6 Å². The SMILES string of the molecule is Cc1ccc(-c2ccc(=O)n(CCCC(=O)Nc3cccc(C(F)(F)F)c3)n2)cc1. The number of anilines is 1. The summed E-state index contributed by atoms with van der Waals surface area (Å²) in [6, 6.07) is 15.2. The van der Waals surface area contributed by atoms with Crippen molar-refractivity contribution in [3.05, 3.63) is 82.1 Å². The molecule has 0 spiro atoms. The van der Waals surface area contributed by atoms with Gasteiger partial charge in [0.15, 0.2) is 0 Å². The third-order valence-corrected chi connectivity index (χ3v) is 4.46. The Labute approximate surface area is 171 Å². The molecule has 1 aromatic heterocycles. The standard InChI is InChI=1S/C22H20F3N3O2/c1-15-7-9-16(10-8-15)19-11-12-21(30)28(27-19)13-3-6-20(29)26-18-5-2-4-17(14-18)22(23,24)25/h2,4-5,7-12,14H,3,6,13H2,1H3,(H,26,29). The van der Waals surface area contributed by atoms with Crippen LogP contribution in [0, 0.1) is 6.92 Å². The number of hydrogen-bond donors (Lipinski definition) is 1. The molecule has 0 saturated heterocycles. The molecule has 1 N–H and O–H groups in total. The third-order valence-electron chi connectivity index (χ3n) is 4.46. The number of hydrogen-bond acceptors (Lipinski definition) is 3. The maximum absolute atomic E-state index is 12.8. The number of alkyl halides is 3. The Hall–Kier alpha value is -3.42. The highest BCUT2D eigenvalue weighted by Crippen LogP contribution is 2.30. The predicted molar refractivity (Wildman–Crippen MR) is 108 cm³/mol. The van der Waals surface area contributed by atoms with Crippen LogP contribution in [-0.2, 0) is 17.5 Å². The zero-order chi connectivity index (χ0) is 21.7. The second kappa shape index (κ2) is 8.94. The topological polar surface area (TPSA) is 64.0 Å². The van der Waals surface area contributed by atoms with Crippen molar-refractivity contribution in [2.24, 2.45) is 0 Å². The number of aryl methyl sites for hydroxylation is 2. The van der Waals surface area contributed by atoms with E-state index in [0.29, 0.717) is 12.1 Å². The fourth-order valence-corrected chi connectivity index (χ4v) is 2.87. The molecule has 0 aliphatic carbocycles. The van der Waals surface area contributed by atoms with E-state index in [-0.39, 0.29) is 24.2 Å². The minimum atomic E-state index is -4.48. The minimum Gasteiger partial charge on any atom is -0.326 e. The average Bonchev–Trinajstić information content (AvgIpc) is 2.69. The molecule has 0 fully saturated rings. The highest BCUT2D eigenvalue weighted by Gasteiger charge is 2.30. The monoisotopic (exact) mass is 415 g/mol. The van der Waals surface area contributed by atoms with Gasteiger partial charge in [0.1, 0.15) is 0 Å². The van der Waals surface area contributed by atoms with Gasteiger partial charge in [-0.2, -0.15) is 18.3 Å². The fraction of sp³-hybridized carbons (Fsp3) is 0.227. The molecule has 5 nitrogen and oxygen atoms in total. The molecule has 0 bridgehead atoms. The van der Waals surface area contributed by atoms with Crippen LogP contribution in [0.25, 0.3) is 11.3 Å². The van der Waals surface area contributed by atoms with Gasteiger partial charge in [-0.05, 0) is 37.6 Å².